The molecule has 2 aliphatic rings. The van der Waals surface area contributed by atoms with Crippen LogP contribution < -0.4 is 4.74 Å². The maximum atomic E-state index is 13.4. The lowest BCUT2D eigenvalue weighted by molar-refractivity contribution is -0.256. The van der Waals surface area contributed by atoms with Gasteiger partial charge < -0.3 is 9.64 Å². The van der Waals surface area contributed by atoms with Crippen LogP contribution in [0.25, 0.3) is 11.1 Å². The Kier molecular flexibility index (Phi) is 5.86. The van der Waals surface area contributed by atoms with E-state index in [0.29, 0.717) is 31.8 Å². The quantitative estimate of drug-likeness (QED) is 0.571. The normalized spacial score (nSPS) is 20.2. The average Bonchev–Trinajstić information content (AvgIpc) is 2.70. The molecule has 2 fully saturated rings. The summed E-state index contributed by atoms with van der Waals surface area (Å²) in [5, 5.41) is 0. The average molecular weight is 403 g/mol. The van der Waals surface area contributed by atoms with Crippen LogP contribution in [0.1, 0.15) is 32.1 Å². The fourth-order valence-electron chi connectivity index (χ4n) is 4.46. The number of rotatable bonds is 6. The highest BCUT2D eigenvalue weighted by atomic mass is 19.4. The van der Waals surface area contributed by atoms with Gasteiger partial charge in [-0.2, -0.15) is 13.2 Å². The van der Waals surface area contributed by atoms with Crippen molar-refractivity contribution in [3.05, 3.63) is 54.6 Å². The molecule has 1 saturated heterocycles. The van der Waals surface area contributed by atoms with E-state index in [1.165, 1.54) is 5.56 Å². The minimum Gasteiger partial charge on any atom is -0.493 e. The van der Waals surface area contributed by atoms with Crippen LogP contribution in [-0.2, 0) is 0 Å². The molecule has 1 heterocycles. The number of ether oxygens (including phenoxy) is 1. The van der Waals surface area contributed by atoms with Gasteiger partial charge in [-0.1, -0.05) is 48.9 Å². The number of likely N-dealkylation sites (tertiary alicyclic amines) is 1. The van der Waals surface area contributed by atoms with Gasteiger partial charge in [0.05, 0.1) is 12.0 Å². The third-order valence-corrected chi connectivity index (χ3v) is 6.59. The summed E-state index contributed by atoms with van der Waals surface area (Å²) in [6.45, 7) is 2.27. The second kappa shape index (κ2) is 8.39. The number of nitrogens with zero attached hydrogens (tertiary/aromatic N) is 1. The van der Waals surface area contributed by atoms with Gasteiger partial charge in [0, 0.05) is 6.54 Å². The molecule has 29 heavy (non-hydrogen) atoms. The van der Waals surface area contributed by atoms with Gasteiger partial charge in [-0.25, -0.2) is 0 Å². The molecule has 1 saturated carbocycles. The lowest BCUT2D eigenvalue weighted by Gasteiger charge is -2.47. The van der Waals surface area contributed by atoms with Crippen molar-refractivity contribution < 1.29 is 17.9 Å². The number of halogens is 3. The molecule has 1 aliphatic carbocycles. The molecule has 156 valence electrons. The van der Waals surface area contributed by atoms with Crippen LogP contribution in [0.4, 0.5) is 13.2 Å². The summed E-state index contributed by atoms with van der Waals surface area (Å²) in [6, 6.07) is 18.3. The Hall–Kier alpha value is -2.01. The van der Waals surface area contributed by atoms with E-state index in [1.54, 1.807) is 0 Å². The van der Waals surface area contributed by atoms with Crippen molar-refractivity contribution in [2.45, 2.75) is 38.3 Å². The van der Waals surface area contributed by atoms with Crippen LogP contribution in [0.3, 0.4) is 0 Å². The van der Waals surface area contributed by atoms with E-state index in [4.69, 9.17) is 4.74 Å². The van der Waals surface area contributed by atoms with Crippen LogP contribution in [0.15, 0.2) is 54.6 Å². The van der Waals surface area contributed by atoms with E-state index in [0.717, 1.165) is 37.2 Å². The monoisotopic (exact) mass is 403 g/mol. The van der Waals surface area contributed by atoms with Crippen molar-refractivity contribution in [1.82, 2.24) is 4.90 Å². The van der Waals surface area contributed by atoms with Crippen molar-refractivity contribution >= 4 is 0 Å². The van der Waals surface area contributed by atoms with Crippen LogP contribution in [0.5, 0.6) is 5.75 Å². The van der Waals surface area contributed by atoms with Gasteiger partial charge in [0.25, 0.3) is 0 Å². The van der Waals surface area contributed by atoms with E-state index in [1.807, 2.05) is 35.2 Å². The fourth-order valence-corrected chi connectivity index (χ4v) is 4.46. The second-order valence-electron chi connectivity index (χ2n) is 8.55. The largest absolute Gasteiger partial charge is 0.493 e. The third-order valence-electron chi connectivity index (χ3n) is 6.59. The van der Waals surface area contributed by atoms with Crippen LogP contribution in [0, 0.1) is 11.3 Å². The summed E-state index contributed by atoms with van der Waals surface area (Å²) < 4.78 is 46.1. The number of benzene rings is 2. The predicted octanol–water partition coefficient (Wildman–Crippen LogP) is 6.18. The summed E-state index contributed by atoms with van der Waals surface area (Å²) in [7, 11) is 0. The number of piperidine rings is 1. The minimum atomic E-state index is -4.07. The van der Waals surface area contributed by atoms with Gasteiger partial charge in [0.2, 0.25) is 0 Å². The molecular weight excluding hydrogens is 375 g/mol. The Morgan fingerprint density at radius 2 is 1.52 bits per heavy atom. The van der Waals surface area contributed by atoms with Gasteiger partial charge >= 0.3 is 6.18 Å². The first-order valence-corrected chi connectivity index (χ1v) is 10.5. The molecular formula is C24H28F3NO. The van der Waals surface area contributed by atoms with Crippen LogP contribution in [-0.4, -0.2) is 37.3 Å². The standard InChI is InChI=1S/C24H28F3NO/c25-24(26,27)23(13-4-14-23)18-28-15-11-19(12-16-28)17-29-22-9-7-21(8-10-22)20-5-2-1-3-6-20/h1-3,5-10,19H,4,11-18H2. The second-order valence-corrected chi connectivity index (χ2v) is 8.55. The maximum Gasteiger partial charge on any atom is 0.395 e. The molecule has 5 heteroatoms. The molecule has 0 N–H and O–H groups in total. The van der Waals surface area contributed by atoms with E-state index in [2.05, 4.69) is 24.3 Å². The molecule has 2 aromatic rings. The third kappa shape index (κ3) is 4.61. The van der Waals surface area contributed by atoms with Crippen molar-refractivity contribution in [1.29, 1.82) is 0 Å². The first-order chi connectivity index (χ1) is 14.0. The zero-order valence-corrected chi connectivity index (χ0v) is 16.6. The van der Waals surface area contributed by atoms with Gasteiger partial charge in [0.15, 0.2) is 0 Å². The van der Waals surface area contributed by atoms with Crippen molar-refractivity contribution in [3.63, 3.8) is 0 Å². The number of hydrogen-bond donors (Lipinski definition) is 0. The highest BCUT2D eigenvalue weighted by Crippen LogP contribution is 2.53. The molecule has 0 spiro atoms. The Morgan fingerprint density at radius 1 is 0.897 bits per heavy atom. The first kappa shape index (κ1) is 20.3. The van der Waals surface area contributed by atoms with E-state index >= 15 is 0 Å². The van der Waals surface area contributed by atoms with E-state index < -0.39 is 11.6 Å². The molecule has 2 nitrogen and oxygen atoms in total. The Bertz CT molecular complexity index is 776. The summed E-state index contributed by atoms with van der Waals surface area (Å²) >= 11 is 0. The van der Waals surface area contributed by atoms with Crippen LogP contribution >= 0.6 is 0 Å². The molecule has 0 unspecified atom stereocenters. The van der Waals surface area contributed by atoms with Crippen molar-refractivity contribution in [3.8, 4) is 16.9 Å². The summed E-state index contributed by atoms with van der Waals surface area (Å²) in [6.07, 6.45) is -0.993. The van der Waals surface area contributed by atoms with E-state index in [-0.39, 0.29) is 6.54 Å². The summed E-state index contributed by atoms with van der Waals surface area (Å²) in [5.74, 6) is 1.25. The van der Waals surface area contributed by atoms with Gasteiger partial charge in [0.1, 0.15) is 5.75 Å². The highest BCUT2D eigenvalue weighted by molar-refractivity contribution is 5.63. The number of alkyl halides is 3. The zero-order chi connectivity index (χ0) is 20.3. The molecule has 0 aromatic heterocycles. The Morgan fingerprint density at radius 3 is 2.07 bits per heavy atom. The van der Waals surface area contributed by atoms with Crippen molar-refractivity contribution in [2.24, 2.45) is 11.3 Å². The lowest BCUT2D eigenvalue weighted by atomic mass is 9.67. The lowest BCUT2D eigenvalue weighted by Crippen LogP contribution is -2.53. The Labute approximate surface area is 170 Å². The molecule has 0 atom stereocenters. The topological polar surface area (TPSA) is 12.5 Å². The smallest absolute Gasteiger partial charge is 0.395 e. The molecule has 2 aromatic carbocycles. The predicted molar refractivity (Wildman–Crippen MR) is 109 cm³/mol. The SMILES string of the molecule is FC(F)(F)C1(CN2CCC(COc3ccc(-c4ccccc4)cc3)CC2)CCC1. The summed E-state index contributed by atoms with van der Waals surface area (Å²) in [5.41, 5.74) is 0.881. The van der Waals surface area contributed by atoms with Gasteiger partial charge in [-0.15, -0.1) is 0 Å². The van der Waals surface area contributed by atoms with E-state index in [9.17, 15) is 13.2 Å². The number of hydrogen-bond acceptors (Lipinski definition) is 2. The fraction of sp³-hybridized carbons (Fsp3) is 0.500. The van der Waals surface area contributed by atoms with Crippen molar-refractivity contribution in [2.75, 3.05) is 26.2 Å². The van der Waals surface area contributed by atoms with Gasteiger partial charge in [-0.3, -0.25) is 0 Å². The van der Waals surface area contributed by atoms with Gasteiger partial charge in [-0.05, 0) is 68.0 Å². The molecule has 1 aliphatic heterocycles. The zero-order valence-electron chi connectivity index (χ0n) is 16.6. The molecule has 0 radical (unpaired) electrons. The molecule has 0 amide bonds. The van der Waals surface area contributed by atoms with Crippen LogP contribution in [0.2, 0.25) is 0 Å². The summed E-state index contributed by atoms with van der Waals surface area (Å²) in [4.78, 5) is 2.01. The first-order valence-electron chi connectivity index (χ1n) is 10.5. The molecule has 0 bridgehead atoms. The maximum absolute atomic E-state index is 13.4. The minimum absolute atomic E-state index is 0.172. The molecule has 4 rings (SSSR count). The highest BCUT2D eigenvalue weighted by Gasteiger charge is 2.58. The Balaban J connectivity index is 1.23.